The minimum absolute atomic E-state index is 0.0674. The van der Waals surface area contributed by atoms with Gasteiger partial charge in [-0.15, -0.1) is 0 Å². The lowest BCUT2D eigenvalue weighted by Crippen LogP contribution is -2.41. The molecule has 1 saturated heterocycles. The van der Waals surface area contributed by atoms with E-state index < -0.39 is 6.09 Å². The van der Waals surface area contributed by atoms with Gasteiger partial charge in [0.25, 0.3) is 0 Å². The summed E-state index contributed by atoms with van der Waals surface area (Å²) in [5.74, 6) is 1.45. The van der Waals surface area contributed by atoms with Crippen molar-refractivity contribution < 1.29 is 19.4 Å². The zero-order valence-electron chi connectivity index (χ0n) is 10.5. The first-order chi connectivity index (χ1) is 9.22. The highest BCUT2D eigenvalue weighted by molar-refractivity contribution is 5.65. The predicted octanol–water partition coefficient (Wildman–Crippen LogP) is 1.54. The zero-order valence-corrected chi connectivity index (χ0v) is 10.5. The Bertz CT molecular complexity index is 484. The fourth-order valence-corrected chi connectivity index (χ4v) is 2.46. The first-order valence-electron chi connectivity index (χ1n) is 6.48. The van der Waals surface area contributed by atoms with E-state index in [0.717, 1.165) is 30.6 Å². The number of amides is 1. The molecule has 6 nitrogen and oxygen atoms in total. The first-order valence-corrected chi connectivity index (χ1v) is 6.48. The number of pyridine rings is 1. The molecule has 2 aliphatic heterocycles. The first kappa shape index (κ1) is 12.1. The molecular formula is C13H16N2O4. The Morgan fingerprint density at radius 2 is 2.26 bits per heavy atom. The second kappa shape index (κ2) is 4.95. The smallest absolute Gasteiger partial charge is 0.407 e. The van der Waals surface area contributed by atoms with Crippen molar-refractivity contribution in [3.05, 3.63) is 17.8 Å². The molecule has 1 aromatic rings. The molecule has 0 bridgehead atoms. The molecule has 0 saturated carbocycles. The van der Waals surface area contributed by atoms with Crippen molar-refractivity contribution >= 4 is 6.09 Å². The summed E-state index contributed by atoms with van der Waals surface area (Å²) in [7, 11) is 0. The quantitative estimate of drug-likeness (QED) is 0.877. The molecule has 1 fully saturated rings. The second-order valence-corrected chi connectivity index (χ2v) is 4.82. The van der Waals surface area contributed by atoms with Crippen molar-refractivity contribution in [2.45, 2.75) is 25.4 Å². The van der Waals surface area contributed by atoms with Crippen LogP contribution in [0.15, 0.2) is 12.3 Å². The zero-order chi connectivity index (χ0) is 13.2. The Labute approximate surface area is 111 Å². The molecule has 2 aliphatic rings. The summed E-state index contributed by atoms with van der Waals surface area (Å²) in [5.41, 5.74) is 1.08. The van der Waals surface area contributed by atoms with Gasteiger partial charge in [-0.2, -0.15) is 0 Å². The largest absolute Gasteiger partial charge is 0.489 e. The van der Waals surface area contributed by atoms with Crippen LogP contribution in [0.1, 0.15) is 18.4 Å². The third kappa shape index (κ3) is 2.57. The van der Waals surface area contributed by atoms with Crippen molar-refractivity contribution in [1.29, 1.82) is 0 Å². The Morgan fingerprint density at radius 1 is 1.47 bits per heavy atom. The number of piperidine rings is 1. The van der Waals surface area contributed by atoms with Crippen LogP contribution in [0.4, 0.5) is 4.79 Å². The van der Waals surface area contributed by atoms with E-state index in [9.17, 15) is 4.79 Å². The van der Waals surface area contributed by atoms with E-state index in [1.54, 1.807) is 6.20 Å². The lowest BCUT2D eigenvalue weighted by molar-refractivity contribution is 0.0892. The van der Waals surface area contributed by atoms with Crippen molar-refractivity contribution in [3.63, 3.8) is 0 Å². The van der Waals surface area contributed by atoms with Crippen LogP contribution in [-0.4, -0.2) is 46.9 Å². The molecule has 6 heteroatoms. The minimum atomic E-state index is -0.852. The molecule has 102 valence electrons. The number of hydrogen-bond donors (Lipinski definition) is 1. The van der Waals surface area contributed by atoms with Crippen LogP contribution >= 0.6 is 0 Å². The molecule has 1 amide bonds. The highest BCUT2D eigenvalue weighted by Crippen LogP contribution is 2.27. The van der Waals surface area contributed by atoms with Gasteiger partial charge in [-0.3, -0.25) is 0 Å². The van der Waals surface area contributed by atoms with E-state index in [4.69, 9.17) is 14.6 Å². The van der Waals surface area contributed by atoms with Gasteiger partial charge in [-0.25, -0.2) is 9.78 Å². The number of carboxylic acid groups (broad SMARTS) is 1. The second-order valence-electron chi connectivity index (χ2n) is 4.82. The van der Waals surface area contributed by atoms with Crippen LogP contribution in [0.5, 0.6) is 11.6 Å². The number of nitrogens with zero attached hydrogens (tertiary/aromatic N) is 2. The van der Waals surface area contributed by atoms with Crippen molar-refractivity contribution in [2.75, 3.05) is 19.7 Å². The molecule has 3 rings (SSSR count). The average Bonchev–Trinajstić information content (AvgIpc) is 2.87. The van der Waals surface area contributed by atoms with E-state index in [1.807, 2.05) is 6.07 Å². The summed E-state index contributed by atoms with van der Waals surface area (Å²) in [6, 6.07) is 1.97. The SMILES string of the molecule is O=C(O)N1CCC(Oc2cnc3c(c2)CCO3)CC1. The molecule has 0 aromatic carbocycles. The lowest BCUT2D eigenvalue weighted by atomic mass is 10.1. The standard InChI is InChI=1S/C13H16N2O4/c16-13(17)15-4-1-10(2-5-15)19-11-7-9-3-6-18-12(9)14-8-11/h7-8,10H,1-6H2,(H,16,17). The molecule has 0 aliphatic carbocycles. The van der Waals surface area contributed by atoms with Gasteiger partial charge >= 0.3 is 6.09 Å². The Kier molecular flexibility index (Phi) is 3.15. The molecule has 0 atom stereocenters. The van der Waals surface area contributed by atoms with Gasteiger partial charge < -0.3 is 19.5 Å². The number of ether oxygens (including phenoxy) is 2. The van der Waals surface area contributed by atoms with Gasteiger partial charge in [-0.1, -0.05) is 0 Å². The summed E-state index contributed by atoms with van der Waals surface area (Å²) >= 11 is 0. The van der Waals surface area contributed by atoms with Gasteiger partial charge in [0.2, 0.25) is 5.88 Å². The minimum Gasteiger partial charge on any atom is -0.489 e. The summed E-state index contributed by atoms with van der Waals surface area (Å²) in [6.45, 7) is 1.74. The third-order valence-electron chi connectivity index (χ3n) is 3.53. The molecular weight excluding hydrogens is 248 g/mol. The third-order valence-corrected chi connectivity index (χ3v) is 3.53. The molecule has 0 unspecified atom stereocenters. The van der Waals surface area contributed by atoms with Crippen molar-refractivity contribution in [3.8, 4) is 11.6 Å². The van der Waals surface area contributed by atoms with Crippen LogP contribution in [0, 0.1) is 0 Å². The van der Waals surface area contributed by atoms with Crippen LogP contribution in [-0.2, 0) is 6.42 Å². The van der Waals surface area contributed by atoms with E-state index in [1.165, 1.54) is 4.90 Å². The Morgan fingerprint density at radius 3 is 3.00 bits per heavy atom. The Hall–Kier alpha value is -1.98. The number of rotatable bonds is 2. The summed E-state index contributed by atoms with van der Waals surface area (Å²) in [5, 5.41) is 8.88. The summed E-state index contributed by atoms with van der Waals surface area (Å²) in [4.78, 5) is 16.4. The number of fused-ring (bicyclic) bond motifs is 1. The maximum atomic E-state index is 10.8. The van der Waals surface area contributed by atoms with E-state index >= 15 is 0 Å². The van der Waals surface area contributed by atoms with Gasteiger partial charge in [-0.05, 0) is 6.07 Å². The van der Waals surface area contributed by atoms with Crippen LogP contribution in [0.3, 0.4) is 0 Å². The maximum absolute atomic E-state index is 10.8. The molecule has 3 heterocycles. The van der Waals surface area contributed by atoms with Gasteiger partial charge in [0.05, 0.1) is 12.8 Å². The topological polar surface area (TPSA) is 71.9 Å². The molecule has 0 spiro atoms. The normalized spacial score (nSPS) is 18.8. The highest BCUT2D eigenvalue weighted by atomic mass is 16.5. The molecule has 1 N–H and O–H groups in total. The van der Waals surface area contributed by atoms with Gasteiger partial charge in [0.15, 0.2) is 0 Å². The average molecular weight is 264 g/mol. The van der Waals surface area contributed by atoms with Gasteiger partial charge in [0, 0.05) is 37.9 Å². The highest BCUT2D eigenvalue weighted by Gasteiger charge is 2.24. The molecule has 19 heavy (non-hydrogen) atoms. The number of aromatic nitrogens is 1. The van der Waals surface area contributed by atoms with Gasteiger partial charge in [0.1, 0.15) is 11.9 Å². The number of carbonyl (C=O) groups is 1. The van der Waals surface area contributed by atoms with Crippen molar-refractivity contribution in [1.82, 2.24) is 9.88 Å². The summed E-state index contributed by atoms with van der Waals surface area (Å²) < 4.78 is 11.2. The fraction of sp³-hybridized carbons (Fsp3) is 0.538. The number of hydrogen-bond acceptors (Lipinski definition) is 4. The molecule has 1 aromatic heterocycles. The van der Waals surface area contributed by atoms with Crippen LogP contribution in [0.25, 0.3) is 0 Å². The van der Waals surface area contributed by atoms with E-state index in [2.05, 4.69) is 4.98 Å². The van der Waals surface area contributed by atoms with E-state index in [-0.39, 0.29) is 6.10 Å². The maximum Gasteiger partial charge on any atom is 0.407 e. The molecule has 0 radical (unpaired) electrons. The van der Waals surface area contributed by atoms with E-state index in [0.29, 0.717) is 25.6 Å². The predicted molar refractivity (Wildman–Crippen MR) is 66.7 cm³/mol. The Balaban J connectivity index is 1.59. The lowest BCUT2D eigenvalue weighted by Gasteiger charge is -2.30. The van der Waals surface area contributed by atoms with Crippen molar-refractivity contribution in [2.24, 2.45) is 0 Å². The summed E-state index contributed by atoms with van der Waals surface area (Å²) in [6.07, 6.45) is 3.21. The van der Waals surface area contributed by atoms with Crippen LogP contribution < -0.4 is 9.47 Å². The fourth-order valence-electron chi connectivity index (χ4n) is 2.46. The number of likely N-dealkylation sites (tertiary alicyclic amines) is 1. The van der Waals surface area contributed by atoms with Crippen LogP contribution in [0.2, 0.25) is 0 Å². The monoisotopic (exact) mass is 264 g/mol.